The normalized spacial score (nSPS) is 25.0. The van der Waals surface area contributed by atoms with E-state index >= 15 is 0 Å². The topological polar surface area (TPSA) is 114 Å². The van der Waals surface area contributed by atoms with Gasteiger partial charge < -0.3 is 20.1 Å². The average molecular weight is 378 g/mol. The molecule has 0 amide bonds. The zero-order valence-corrected chi connectivity index (χ0v) is 14.8. The first kappa shape index (κ1) is 17.2. The number of aromatic nitrogens is 4. The molecule has 3 heterocycles. The lowest BCUT2D eigenvalue weighted by atomic mass is 10.0. The van der Waals surface area contributed by atoms with Crippen LogP contribution < -0.4 is 0 Å². The molecule has 4 atom stereocenters. The number of imidazole rings is 1. The van der Waals surface area contributed by atoms with E-state index in [4.69, 9.17) is 4.74 Å². The minimum atomic E-state index is -1.20. The van der Waals surface area contributed by atoms with Gasteiger partial charge in [0.25, 0.3) is 0 Å². The number of ether oxygens (including phenoxy) is 1. The fourth-order valence-electron chi connectivity index (χ4n) is 3.70. The van der Waals surface area contributed by atoms with E-state index in [0.29, 0.717) is 16.9 Å². The maximum absolute atomic E-state index is 10.3. The smallest absolute Gasteiger partial charge is 0.166 e. The third-order valence-electron chi connectivity index (χ3n) is 5.17. The summed E-state index contributed by atoms with van der Waals surface area (Å²) in [7, 11) is 0. The van der Waals surface area contributed by atoms with Crippen LogP contribution in [0.4, 0.5) is 0 Å². The average Bonchev–Trinajstić information content (AvgIpc) is 3.28. The molecule has 5 rings (SSSR count). The quantitative estimate of drug-likeness (QED) is 0.492. The first-order chi connectivity index (χ1) is 13.7. The van der Waals surface area contributed by atoms with Crippen LogP contribution in [0.25, 0.3) is 33.2 Å². The van der Waals surface area contributed by atoms with E-state index in [0.717, 1.165) is 16.3 Å². The number of aliphatic hydroxyl groups is 3. The molecule has 1 saturated heterocycles. The van der Waals surface area contributed by atoms with Gasteiger partial charge in [0.15, 0.2) is 11.9 Å². The number of benzene rings is 2. The molecular weight excluding hydrogens is 360 g/mol. The Morgan fingerprint density at radius 2 is 1.79 bits per heavy atom. The van der Waals surface area contributed by atoms with Crippen molar-refractivity contribution in [1.29, 1.82) is 0 Å². The van der Waals surface area contributed by atoms with Crippen LogP contribution >= 0.6 is 0 Å². The molecule has 0 radical (unpaired) electrons. The van der Waals surface area contributed by atoms with Crippen LogP contribution in [0, 0.1) is 0 Å². The van der Waals surface area contributed by atoms with E-state index in [1.165, 1.54) is 12.7 Å². The number of hydrogen-bond donors (Lipinski definition) is 3. The van der Waals surface area contributed by atoms with Crippen molar-refractivity contribution in [2.45, 2.75) is 24.5 Å². The maximum atomic E-state index is 10.3. The molecule has 0 saturated carbocycles. The second-order valence-electron chi connectivity index (χ2n) is 6.84. The molecule has 8 heteroatoms. The Labute approximate surface area is 159 Å². The van der Waals surface area contributed by atoms with E-state index in [1.807, 2.05) is 42.5 Å². The summed E-state index contributed by atoms with van der Waals surface area (Å²) in [6.07, 6.45) is -1.20. The van der Waals surface area contributed by atoms with Gasteiger partial charge >= 0.3 is 0 Å². The molecule has 0 aliphatic carbocycles. The Bertz CT molecular complexity index is 1160. The van der Waals surface area contributed by atoms with Gasteiger partial charge in [-0.15, -0.1) is 0 Å². The third kappa shape index (κ3) is 2.58. The number of fused-ring (bicyclic) bond motifs is 2. The van der Waals surface area contributed by atoms with Crippen molar-refractivity contribution in [1.82, 2.24) is 19.5 Å². The molecular formula is C20H18N4O4. The van der Waals surface area contributed by atoms with Gasteiger partial charge in [0.05, 0.1) is 12.9 Å². The minimum absolute atomic E-state index is 0.390. The Hall–Kier alpha value is -2.91. The summed E-state index contributed by atoms with van der Waals surface area (Å²) < 4.78 is 7.16. The number of rotatable bonds is 3. The van der Waals surface area contributed by atoms with E-state index in [2.05, 4.69) is 15.0 Å². The molecule has 142 valence electrons. The molecule has 1 aliphatic heterocycles. The lowest BCUT2D eigenvalue weighted by Gasteiger charge is -2.16. The van der Waals surface area contributed by atoms with Gasteiger partial charge in [0.1, 0.15) is 35.8 Å². The summed E-state index contributed by atoms with van der Waals surface area (Å²) in [6, 6.07) is 14.1. The van der Waals surface area contributed by atoms with Crippen LogP contribution in [0.5, 0.6) is 0 Å². The Morgan fingerprint density at radius 3 is 2.57 bits per heavy atom. The van der Waals surface area contributed by atoms with Crippen molar-refractivity contribution in [3.8, 4) is 11.3 Å². The van der Waals surface area contributed by atoms with E-state index in [9.17, 15) is 15.3 Å². The number of hydrogen-bond acceptors (Lipinski definition) is 7. The summed E-state index contributed by atoms with van der Waals surface area (Å²) in [5, 5.41) is 31.9. The van der Waals surface area contributed by atoms with Crippen LogP contribution in [-0.4, -0.2) is 59.8 Å². The molecule has 1 aliphatic rings. The molecule has 3 N–H and O–H groups in total. The van der Waals surface area contributed by atoms with Gasteiger partial charge in [-0.3, -0.25) is 4.57 Å². The molecule has 28 heavy (non-hydrogen) atoms. The largest absolute Gasteiger partial charge is 0.394 e. The maximum Gasteiger partial charge on any atom is 0.166 e. The molecule has 0 unspecified atom stereocenters. The molecule has 4 aromatic rings. The van der Waals surface area contributed by atoms with Crippen LogP contribution in [-0.2, 0) is 4.74 Å². The second-order valence-corrected chi connectivity index (χ2v) is 6.84. The van der Waals surface area contributed by atoms with Crippen LogP contribution in [0.2, 0.25) is 0 Å². The molecule has 2 aromatic carbocycles. The van der Waals surface area contributed by atoms with Crippen molar-refractivity contribution in [3.05, 3.63) is 55.1 Å². The van der Waals surface area contributed by atoms with E-state index in [1.54, 1.807) is 4.57 Å². The van der Waals surface area contributed by atoms with Gasteiger partial charge in [-0.05, 0) is 16.8 Å². The highest BCUT2D eigenvalue weighted by Gasteiger charge is 2.44. The zero-order chi connectivity index (χ0) is 19.3. The molecule has 0 bridgehead atoms. The van der Waals surface area contributed by atoms with Gasteiger partial charge in [-0.25, -0.2) is 15.0 Å². The van der Waals surface area contributed by atoms with Gasteiger partial charge in [-0.2, -0.15) is 0 Å². The van der Waals surface area contributed by atoms with Crippen molar-refractivity contribution in [2.24, 2.45) is 0 Å². The van der Waals surface area contributed by atoms with E-state index < -0.39 is 31.1 Å². The standard InChI is InChI=1S/C20H18N4O4/c25-8-14-17(26)18(27)20(28-14)24-10-23-16-15(21-9-22-19(16)24)13-6-5-11-3-1-2-4-12(11)7-13/h1-7,9-10,14,17-18,20,25-27H,8H2/t14-,17-,18-,20-/m1/s1. The Balaban J connectivity index is 1.61. The SMILES string of the molecule is OC[C@H]1O[C@@H](n2cnc3c(-c4ccc5ccccc5c4)ncnc32)[C@H](O)[C@@H]1O. The fraction of sp³-hybridized carbons (Fsp3) is 0.250. The predicted molar refractivity (Wildman–Crippen MR) is 101 cm³/mol. The van der Waals surface area contributed by atoms with Crippen molar-refractivity contribution < 1.29 is 20.1 Å². The van der Waals surface area contributed by atoms with Gasteiger partial charge in [-0.1, -0.05) is 36.4 Å². The van der Waals surface area contributed by atoms with Gasteiger partial charge in [0.2, 0.25) is 0 Å². The highest BCUT2D eigenvalue weighted by atomic mass is 16.6. The lowest BCUT2D eigenvalue weighted by Crippen LogP contribution is -2.33. The van der Waals surface area contributed by atoms with Crippen LogP contribution in [0.15, 0.2) is 55.1 Å². The molecule has 0 spiro atoms. The van der Waals surface area contributed by atoms with Crippen molar-refractivity contribution in [2.75, 3.05) is 6.61 Å². The molecule has 1 fully saturated rings. The Morgan fingerprint density at radius 1 is 0.964 bits per heavy atom. The fourth-order valence-corrected chi connectivity index (χ4v) is 3.70. The van der Waals surface area contributed by atoms with Crippen LogP contribution in [0.1, 0.15) is 6.23 Å². The summed E-state index contributed by atoms with van der Waals surface area (Å²) in [6.45, 7) is -0.390. The van der Waals surface area contributed by atoms with Crippen LogP contribution in [0.3, 0.4) is 0 Å². The van der Waals surface area contributed by atoms with Crippen molar-refractivity contribution in [3.63, 3.8) is 0 Å². The lowest BCUT2D eigenvalue weighted by molar-refractivity contribution is -0.0511. The zero-order valence-electron chi connectivity index (χ0n) is 14.8. The monoisotopic (exact) mass is 378 g/mol. The summed E-state index contributed by atoms with van der Waals surface area (Å²) in [5.41, 5.74) is 2.61. The predicted octanol–water partition coefficient (Wildman–Crippen LogP) is 1.26. The summed E-state index contributed by atoms with van der Waals surface area (Å²) >= 11 is 0. The first-order valence-electron chi connectivity index (χ1n) is 8.96. The van der Waals surface area contributed by atoms with E-state index in [-0.39, 0.29) is 0 Å². The highest BCUT2D eigenvalue weighted by Crippen LogP contribution is 2.33. The Kier molecular flexibility index (Phi) is 4.06. The summed E-state index contributed by atoms with van der Waals surface area (Å²) in [4.78, 5) is 13.1. The molecule has 2 aromatic heterocycles. The first-order valence-corrected chi connectivity index (χ1v) is 8.96. The summed E-state index contributed by atoms with van der Waals surface area (Å²) in [5.74, 6) is 0. The number of aliphatic hydroxyl groups excluding tert-OH is 3. The van der Waals surface area contributed by atoms with Gasteiger partial charge in [0, 0.05) is 5.56 Å². The third-order valence-corrected chi connectivity index (χ3v) is 5.17. The minimum Gasteiger partial charge on any atom is -0.394 e. The number of nitrogens with zero attached hydrogens (tertiary/aromatic N) is 4. The molecule has 8 nitrogen and oxygen atoms in total. The second kappa shape index (κ2) is 6.61. The van der Waals surface area contributed by atoms with Crippen molar-refractivity contribution >= 4 is 21.9 Å². The highest BCUT2D eigenvalue weighted by molar-refractivity contribution is 5.92.